The van der Waals surface area contributed by atoms with Crippen molar-refractivity contribution >= 4 is 5.78 Å². The number of nitrogens with zero attached hydrogens (tertiary/aromatic N) is 2. The third-order valence-corrected chi connectivity index (χ3v) is 4.69. The van der Waals surface area contributed by atoms with Crippen LogP contribution in [0.15, 0.2) is 59.4 Å². The minimum atomic E-state index is -0.663. The lowest BCUT2D eigenvalue weighted by molar-refractivity contribution is 0.0916. The summed E-state index contributed by atoms with van der Waals surface area (Å²) < 4.78 is 11.6. The molecule has 0 atom stereocenters. The van der Waals surface area contributed by atoms with Crippen LogP contribution in [-0.4, -0.2) is 29.2 Å². The Bertz CT molecular complexity index is 1160. The number of hydrogen-bond acceptors (Lipinski definition) is 6. The average molecular weight is 404 g/mol. The Hall–Kier alpha value is -4.05. The quantitative estimate of drug-likeness (QED) is 0.608. The van der Waals surface area contributed by atoms with Crippen LogP contribution < -0.4 is 15.0 Å². The molecule has 0 aliphatic rings. The Morgan fingerprint density at radius 2 is 1.77 bits per heavy atom. The minimum absolute atomic E-state index is 0.0105. The molecule has 3 aromatic rings. The topological polar surface area (TPSA) is 102 Å². The van der Waals surface area contributed by atoms with Crippen molar-refractivity contribution in [2.45, 2.75) is 13.5 Å². The largest absolute Gasteiger partial charge is 0.497 e. The van der Waals surface area contributed by atoms with Gasteiger partial charge in [0, 0.05) is 0 Å². The van der Waals surface area contributed by atoms with Gasteiger partial charge in [-0.05, 0) is 42.3 Å². The van der Waals surface area contributed by atoms with E-state index in [1.54, 1.807) is 55.6 Å². The van der Waals surface area contributed by atoms with Gasteiger partial charge >= 0.3 is 0 Å². The predicted octanol–water partition coefficient (Wildman–Crippen LogP) is 3.05. The normalized spacial score (nSPS) is 10.3. The SMILES string of the molecule is COc1ccc(Cn2c(O)c(C(=O)COc3ccccc3)c(C)c(C#N)c2=O)cc1. The number of rotatable bonds is 7. The average Bonchev–Trinajstić information content (AvgIpc) is 2.77. The zero-order valence-electron chi connectivity index (χ0n) is 16.6. The van der Waals surface area contributed by atoms with Crippen molar-refractivity contribution < 1.29 is 19.4 Å². The zero-order chi connectivity index (χ0) is 21.7. The van der Waals surface area contributed by atoms with E-state index < -0.39 is 17.2 Å². The van der Waals surface area contributed by atoms with Gasteiger partial charge in [0.25, 0.3) is 5.56 Å². The molecule has 152 valence electrons. The Kier molecular flexibility index (Phi) is 6.18. The maximum Gasteiger partial charge on any atom is 0.271 e. The third-order valence-electron chi connectivity index (χ3n) is 4.69. The number of carbonyl (C=O) groups excluding carboxylic acids is 1. The summed E-state index contributed by atoms with van der Waals surface area (Å²) in [5.74, 6) is 0.115. The fourth-order valence-electron chi connectivity index (χ4n) is 3.08. The number of Topliss-reactive ketones (excluding diaryl/α,β-unsaturated/α-hetero) is 1. The van der Waals surface area contributed by atoms with Gasteiger partial charge in [0.05, 0.1) is 19.2 Å². The van der Waals surface area contributed by atoms with Crippen LogP contribution >= 0.6 is 0 Å². The van der Waals surface area contributed by atoms with Gasteiger partial charge in [0.2, 0.25) is 11.7 Å². The van der Waals surface area contributed by atoms with Gasteiger partial charge < -0.3 is 14.6 Å². The number of nitriles is 1. The van der Waals surface area contributed by atoms with Crippen LogP contribution in [0, 0.1) is 18.3 Å². The van der Waals surface area contributed by atoms with Gasteiger partial charge in [-0.15, -0.1) is 0 Å². The number of pyridine rings is 1. The Labute approximate surface area is 173 Å². The summed E-state index contributed by atoms with van der Waals surface area (Å²) in [4.78, 5) is 25.5. The highest BCUT2D eigenvalue weighted by molar-refractivity contribution is 6.01. The first-order valence-electron chi connectivity index (χ1n) is 9.16. The molecule has 0 spiro atoms. The first-order valence-corrected chi connectivity index (χ1v) is 9.16. The lowest BCUT2D eigenvalue weighted by Crippen LogP contribution is -2.28. The molecule has 1 aromatic heterocycles. The van der Waals surface area contributed by atoms with Crippen molar-refractivity contribution in [3.8, 4) is 23.4 Å². The van der Waals surface area contributed by atoms with E-state index in [9.17, 15) is 20.0 Å². The molecule has 30 heavy (non-hydrogen) atoms. The summed E-state index contributed by atoms with van der Waals surface area (Å²) in [6.45, 7) is 1.11. The molecule has 0 aliphatic heterocycles. The van der Waals surface area contributed by atoms with E-state index in [0.29, 0.717) is 17.1 Å². The molecule has 1 N–H and O–H groups in total. The van der Waals surface area contributed by atoms with E-state index in [4.69, 9.17) is 9.47 Å². The highest BCUT2D eigenvalue weighted by Crippen LogP contribution is 2.24. The fourth-order valence-corrected chi connectivity index (χ4v) is 3.08. The number of aromatic nitrogens is 1. The molecular weight excluding hydrogens is 384 g/mol. The molecule has 0 aliphatic carbocycles. The molecule has 0 unspecified atom stereocenters. The van der Waals surface area contributed by atoms with Crippen molar-refractivity contribution in [1.82, 2.24) is 4.57 Å². The van der Waals surface area contributed by atoms with Crippen molar-refractivity contribution in [1.29, 1.82) is 5.26 Å². The lowest BCUT2D eigenvalue weighted by atomic mass is 10.0. The fraction of sp³-hybridized carbons (Fsp3) is 0.174. The molecule has 7 nitrogen and oxygen atoms in total. The van der Waals surface area contributed by atoms with Crippen LogP contribution in [0.5, 0.6) is 17.4 Å². The van der Waals surface area contributed by atoms with Crippen LogP contribution in [0.3, 0.4) is 0 Å². The van der Waals surface area contributed by atoms with Gasteiger partial charge in [-0.2, -0.15) is 5.26 Å². The molecule has 0 bridgehead atoms. The van der Waals surface area contributed by atoms with Crippen molar-refractivity contribution in [3.63, 3.8) is 0 Å². The van der Waals surface area contributed by atoms with Crippen molar-refractivity contribution in [2.24, 2.45) is 0 Å². The number of para-hydroxylation sites is 1. The highest BCUT2D eigenvalue weighted by Gasteiger charge is 2.24. The van der Waals surface area contributed by atoms with Gasteiger partial charge in [-0.25, -0.2) is 0 Å². The smallest absolute Gasteiger partial charge is 0.271 e. The number of methoxy groups -OCH3 is 1. The van der Waals surface area contributed by atoms with Gasteiger partial charge in [0.15, 0.2) is 6.61 Å². The third kappa shape index (κ3) is 4.18. The predicted molar refractivity (Wildman–Crippen MR) is 110 cm³/mol. The zero-order valence-corrected chi connectivity index (χ0v) is 16.6. The summed E-state index contributed by atoms with van der Waals surface area (Å²) in [6, 6.07) is 17.5. The van der Waals surface area contributed by atoms with Crippen molar-refractivity contribution in [2.75, 3.05) is 13.7 Å². The number of carbonyl (C=O) groups is 1. The summed E-state index contributed by atoms with van der Waals surface area (Å²) >= 11 is 0. The lowest BCUT2D eigenvalue weighted by Gasteiger charge is -2.16. The van der Waals surface area contributed by atoms with E-state index in [-0.39, 0.29) is 29.8 Å². The van der Waals surface area contributed by atoms with E-state index >= 15 is 0 Å². The minimum Gasteiger partial charge on any atom is -0.497 e. The second-order valence-corrected chi connectivity index (χ2v) is 6.57. The Morgan fingerprint density at radius 3 is 2.37 bits per heavy atom. The van der Waals surface area contributed by atoms with Crippen LogP contribution in [0.2, 0.25) is 0 Å². The van der Waals surface area contributed by atoms with Gasteiger partial charge in [0.1, 0.15) is 23.1 Å². The Balaban J connectivity index is 1.98. The van der Waals surface area contributed by atoms with Crippen LogP contribution in [0.25, 0.3) is 0 Å². The standard InChI is InChI=1S/C23H20N2O5/c1-15-19(12-24)22(27)25(13-16-8-10-17(29-2)11-9-16)23(28)21(15)20(26)14-30-18-6-4-3-5-7-18/h3-11,28H,13-14H2,1-2H3. The van der Waals surface area contributed by atoms with Gasteiger partial charge in [-0.1, -0.05) is 30.3 Å². The monoisotopic (exact) mass is 404 g/mol. The van der Waals surface area contributed by atoms with E-state index in [1.165, 1.54) is 6.92 Å². The second kappa shape index (κ2) is 8.97. The molecule has 1 heterocycles. The number of ketones is 1. The van der Waals surface area contributed by atoms with Crippen LogP contribution in [0.1, 0.15) is 27.0 Å². The summed E-state index contributed by atoms with van der Waals surface area (Å²) in [6.07, 6.45) is 0. The molecule has 3 rings (SSSR count). The maximum atomic E-state index is 12.8. The van der Waals surface area contributed by atoms with Crippen molar-refractivity contribution in [3.05, 3.63) is 87.2 Å². The molecule has 0 amide bonds. The second-order valence-electron chi connectivity index (χ2n) is 6.57. The number of benzene rings is 2. The molecule has 0 saturated heterocycles. The number of hydrogen-bond donors (Lipinski definition) is 1. The summed E-state index contributed by atoms with van der Waals surface area (Å²) in [7, 11) is 1.54. The number of aromatic hydroxyl groups is 1. The Morgan fingerprint density at radius 1 is 1.10 bits per heavy atom. The van der Waals surface area contributed by atoms with E-state index in [0.717, 1.165) is 4.57 Å². The van der Waals surface area contributed by atoms with Crippen LogP contribution in [0.4, 0.5) is 0 Å². The molecular formula is C23H20N2O5. The summed E-state index contributed by atoms with van der Waals surface area (Å²) in [5, 5.41) is 20.2. The molecule has 0 saturated carbocycles. The van der Waals surface area contributed by atoms with Crippen LogP contribution in [-0.2, 0) is 6.54 Å². The first kappa shape index (κ1) is 20.7. The number of ether oxygens (including phenoxy) is 2. The molecule has 0 radical (unpaired) electrons. The first-order chi connectivity index (χ1) is 14.5. The molecule has 0 fully saturated rings. The van der Waals surface area contributed by atoms with E-state index in [2.05, 4.69) is 0 Å². The highest BCUT2D eigenvalue weighted by atomic mass is 16.5. The maximum absolute atomic E-state index is 12.8. The summed E-state index contributed by atoms with van der Waals surface area (Å²) in [5.41, 5.74) is -0.128. The van der Waals surface area contributed by atoms with Gasteiger partial charge in [-0.3, -0.25) is 14.2 Å². The van der Waals surface area contributed by atoms with E-state index in [1.807, 2.05) is 12.1 Å². The molecule has 7 heteroatoms. The molecule has 2 aromatic carbocycles.